The topological polar surface area (TPSA) is 44.4 Å². The molecular weight excluding hydrogens is 306 g/mol. The van der Waals surface area contributed by atoms with Crippen LogP contribution < -0.4 is 10.6 Å². The molecule has 2 rings (SSSR count). The molecule has 0 aromatic heterocycles. The standard InChI is InChI=1S/C18H27N3OS/c1-5-14-6-8-15(9-7-14)19-16(22)10-11-21-13(2)12-18(3,4)20-17(21)23/h6-9,13H,5,10-12H2,1-4H3,(H,19,22)(H,20,23). The molecule has 23 heavy (non-hydrogen) atoms. The molecule has 4 nitrogen and oxygen atoms in total. The molecule has 0 bridgehead atoms. The lowest BCUT2D eigenvalue weighted by Gasteiger charge is -2.44. The average Bonchev–Trinajstić information content (AvgIpc) is 2.46. The second-order valence-electron chi connectivity index (χ2n) is 6.91. The third-order valence-electron chi connectivity index (χ3n) is 4.27. The van der Waals surface area contributed by atoms with E-state index in [1.165, 1.54) is 5.56 Å². The Morgan fingerprint density at radius 1 is 1.39 bits per heavy atom. The Morgan fingerprint density at radius 2 is 2.04 bits per heavy atom. The lowest BCUT2D eigenvalue weighted by Crippen LogP contribution is -2.60. The molecule has 0 radical (unpaired) electrons. The molecule has 1 fully saturated rings. The summed E-state index contributed by atoms with van der Waals surface area (Å²) in [5, 5.41) is 7.04. The molecule has 0 spiro atoms. The number of rotatable bonds is 5. The zero-order valence-corrected chi connectivity index (χ0v) is 15.3. The van der Waals surface area contributed by atoms with E-state index in [2.05, 4.69) is 43.2 Å². The number of amides is 1. The molecule has 1 atom stereocenters. The highest BCUT2D eigenvalue weighted by molar-refractivity contribution is 7.80. The van der Waals surface area contributed by atoms with E-state index < -0.39 is 0 Å². The number of hydrogen-bond donors (Lipinski definition) is 2. The first-order valence-electron chi connectivity index (χ1n) is 8.28. The molecule has 1 aromatic rings. The van der Waals surface area contributed by atoms with Gasteiger partial charge in [-0.3, -0.25) is 4.79 Å². The van der Waals surface area contributed by atoms with Crippen LogP contribution in [0.1, 0.15) is 46.1 Å². The van der Waals surface area contributed by atoms with Gasteiger partial charge in [0, 0.05) is 30.2 Å². The van der Waals surface area contributed by atoms with E-state index in [0.717, 1.165) is 23.6 Å². The normalized spacial score (nSPS) is 20.1. The van der Waals surface area contributed by atoms with Gasteiger partial charge in [0.1, 0.15) is 0 Å². The number of hydrogen-bond acceptors (Lipinski definition) is 2. The van der Waals surface area contributed by atoms with Crippen molar-refractivity contribution in [3.05, 3.63) is 29.8 Å². The van der Waals surface area contributed by atoms with E-state index >= 15 is 0 Å². The largest absolute Gasteiger partial charge is 0.358 e. The number of benzene rings is 1. The first-order valence-corrected chi connectivity index (χ1v) is 8.69. The molecule has 0 aliphatic carbocycles. The minimum Gasteiger partial charge on any atom is -0.358 e. The van der Waals surface area contributed by atoms with Crippen LogP contribution in [-0.2, 0) is 11.2 Å². The third kappa shape index (κ3) is 4.93. The van der Waals surface area contributed by atoms with Crippen LogP contribution in [0.15, 0.2) is 24.3 Å². The monoisotopic (exact) mass is 333 g/mol. The third-order valence-corrected chi connectivity index (χ3v) is 4.61. The summed E-state index contributed by atoms with van der Waals surface area (Å²) in [6.07, 6.45) is 2.44. The molecule has 2 N–H and O–H groups in total. The fourth-order valence-electron chi connectivity index (χ4n) is 3.05. The van der Waals surface area contributed by atoms with E-state index in [1.54, 1.807) is 0 Å². The molecule has 1 saturated heterocycles. The van der Waals surface area contributed by atoms with E-state index in [4.69, 9.17) is 12.2 Å². The van der Waals surface area contributed by atoms with Gasteiger partial charge >= 0.3 is 0 Å². The van der Waals surface area contributed by atoms with Crippen molar-refractivity contribution in [2.75, 3.05) is 11.9 Å². The van der Waals surface area contributed by atoms with Crippen LogP contribution in [0.2, 0.25) is 0 Å². The van der Waals surface area contributed by atoms with Gasteiger partial charge in [-0.25, -0.2) is 0 Å². The lowest BCUT2D eigenvalue weighted by molar-refractivity contribution is -0.116. The van der Waals surface area contributed by atoms with Crippen molar-refractivity contribution in [3.8, 4) is 0 Å². The number of anilines is 1. The molecule has 1 unspecified atom stereocenters. The maximum absolute atomic E-state index is 12.1. The van der Waals surface area contributed by atoms with Gasteiger partial charge in [-0.2, -0.15) is 0 Å². The summed E-state index contributed by atoms with van der Waals surface area (Å²) in [6.45, 7) is 9.23. The molecule has 1 amide bonds. The van der Waals surface area contributed by atoms with Crippen LogP contribution in [0.5, 0.6) is 0 Å². The first kappa shape index (κ1) is 17.7. The Bertz CT molecular complexity index is 568. The van der Waals surface area contributed by atoms with Crippen LogP contribution >= 0.6 is 12.2 Å². The summed E-state index contributed by atoms with van der Waals surface area (Å²) >= 11 is 5.45. The van der Waals surface area contributed by atoms with Crippen LogP contribution in [0, 0.1) is 0 Å². The average molecular weight is 334 g/mol. The minimum atomic E-state index is 0.0223. The second kappa shape index (κ2) is 7.30. The number of nitrogens with zero attached hydrogens (tertiary/aromatic N) is 1. The van der Waals surface area contributed by atoms with E-state index in [9.17, 15) is 4.79 Å². The number of carbonyl (C=O) groups is 1. The Balaban J connectivity index is 1.85. The molecule has 1 aliphatic rings. The summed E-state index contributed by atoms with van der Waals surface area (Å²) in [7, 11) is 0. The summed E-state index contributed by atoms with van der Waals surface area (Å²) in [5.41, 5.74) is 2.14. The van der Waals surface area contributed by atoms with Crippen LogP contribution in [0.4, 0.5) is 5.69 Å². The fraction of sp³-hybridized carbons (Fsp3) is 0.556. The number of aryl methyl sites for hydroxylation is 1. The van der Waals surface area contributed by atoms with Crippen LogP contribution in [-0.4, -0.2) is 34.0 Å². The van der Waals surface area contributed by atoms with E-state index in [1.807, 2.05) is 24.3 Å². The SMILES string of the molecule is CCc1ccc(NC(=O)CCN2C(=S)NC(C)(C)CC2C)cc1. The summed E-state index contributed by atoms with van der Waals surface area (Å²) in [5.74, 6) is 0.0223. The van der Waals surface area contributed by atoms with Crippen LogP contribution in [0.3, 0.4) is 0 Å². The second-order valence-corrected chi connectivity index (χ2v) is 7.30. The molecule has 1 heterocycles. The highest BCUT2D eigenvalue weighted by Crippen LogP contribution is 2.22. The van der Waals surface area contributed by atoms with Crippen molar-refractivity contribution in [2.45, 2.75) is 58.5 Å². The predicted octanol–water partition coefficient (Wildman–Crippen LogP) is 3.32. The maximum atomic E-state index is 12.1. The molecule has 1 aromatic carbocycles. The number of carbonyl (C=O) groups excluding carboxylic acids is 1. The van der Waals surface area contributed by atoms with Gasteiger partial charge in [0.05, 0.1) is 0 Å². The first-order chi connectivity index (χ1) is 10.8. The van der Waals surface area contributed by atoms with Gasteiger partial charge in [0.2, 0.25) is 5.91 Å². The van der Waals surface area contributed by atoms with Crippen molar-refractivity contribution < 1.29 is 4.79 Å². The quantitative estimate of drug-likeness (QED) is 0.811. The highest BCUT2D eigenvalue weighted by atomic mass is 32.1. The smallest absolute Gasteiger partial charge is 0.226 e. The van der Waals surface area contributed by atoms with Gasteiger partial charge in [-0.15, -0.1) is 0 Å². The van der Waals surface area contributed by atoms with E-state index in [-0.39, 0.29) is 11.4 Å². The molecule has 0 saturated carbocycles. The van der Waals surface area contributed by atoms with E-state index in [0.29, 0.717) is 19.0 Å². The highest BCUT2D eigenvalue weighted by Gasteiger charge is 2.32. The zero-order chi connectivity index (χ0) is 17.0. The van der Waals surface area contributed by atoms with Crippen molar-refractivity contribution in [1.29, 1.82) is 0 Å². The Labute approximate surface area is 144 Å². The van der Waals surface area contributed by atoms with Gasteiger partial charge in [0.25, 0.3) is 0 Å². The maximum Gasteiger partial charge on any atom is 0.226 e. The predicted molar refractivity (Wildman–Crippen MR) is 99.7 cm³/mol. The Morgan fingerprint density at radius 3 is 2.61 bits per heavy atom. The molecule has 1 aliphatic heterocycles. The Kier molecular flexibility index (Phi) is 5.63. The van der Waals surface area contributed by atoms with Gasteiger partial charge in [-0.05, 0) is 63.5 Å². The van der Waals surface area contributed by atoms with Crippen molar-refractivity contribution in [1.82, 2.24) is 10.2 Å². The Hall–Kier alpha value is -1.62. The van der Waals surface area contributed by atoms with Crippen LogP contribution in [0.25, 0.3) is 0 Å². The van der Waals surface area contributed by atoms with Crippen molar-refractivity contribution in [2.24, 2.45) is 0 Å². The molecule has 126 valence electrons. The lowest BCUT2D eigenvalue weighted by atomic mass is 9.93. The summed E-state index contributed by atoms with van der Waals surface area (Å²) in [6, 6.07) is 8.34. The molecule has 5 heteroatoms. The van der Waals surface area contributed by atoms with Gasteiger partial charge in [-0.1, -0.05) is 19.1 Å². The number of nitrogens with one attached hydrogen (secondary N) is 2. The zero-order valence-electron chi connectivity index (χ0n) is 14.5. The van der Waals surface area contributed by atoms with Gasteiger partial charge in [0.15, 0.2) is 5.11 Å². The fourth-order valence-corrected chi connectivity index (χ4v) is 3.60. The molecular formula is C18H27N3OS. The summed E-state index contributed by atoms with van der Waals surface area (Å²) < 4.78 is 0. The minimum absolute atomic E-state index is 0.0223. The van der Waals surface area contributed by atoms with Gasteiger partial charge < -0.3 is 15.5 Å². The van der Waals surface area contributed by atoms with Crippen molar-refractivity contribution in [3.63, 3.8) is 0 Å². The number of thiocarbonyl (C=S) groups is 1. The summed E-state index contributed by atoms with van der Waals surface area (Å²) in [4.78, 5) is 14.3. The van der Waals surface area contributed by atoms with Crippen molar-refractivity contribution >= 4 is 28.9 Å².